The van der Waals surface area contributed by atoms with E-state index >= 15 is 0 Å². The topological polar surface area (TPSA) is 61.4 Å². The molecular formula is C14H13ClF3N5OS. The number of aromatic nitrogens is 2. The fraction of sp³-hybridized carbons (Fsp3) is 0.357. The Hall–Kier alpha value is -2.07. The molecule has 0 bridgehead atoms. The summed E-state index contributed by atoms with van der Waals surface area (Å²) in [6.45, 7) is 1.64. The fourth-order valence-electron chi connectivity index (χ4n) is 2.40. The van der Waals surface area contributed by atoms with Crippen LogP contribution >= 0.6 is 22.9 Å². The van der Waals surface area contributed by atoms with E-state index in [-0.39, 0.29) is 16.9 Å². The van der Waals surface area contributed by atoms with Gasteiger partial charge in [0.05, 0.1) is 10.6 Å². The van der Waals surface area contributed by atoms with Gasteiger partial charge in [-0.15, -0.1) is 11.3 Å². The number of pyridine rings is 1. The minimum atomic E-state index is -4.48. The molecule has 0 aromatic carbocycles. The molecule has 0 atom stereocenters. The van der Waals surface area contributed by atoms with Crippen molar-refractivity contribution in [2.24, 2.45) is 0 Å². The van der Waals surface area contributed by atoms with E-state index in [1.54, 1.807) is 21.4 Å². The number of nitrogens with one attached hydrogen (secondary N) is 1. The van der Waals surface area contributed by atoms with Crippen LogP contribution in [0, 0.1) is 0 Å². The van der Waals surface area contributed by atoms with Crippen LogP contribution in [0.4, 0.5) is 28.9 Å². The molecule has 25 heavy (non-hydrogen) atoms. The second kappa shape index (κ2) is 7.04. The Kier molecular flexibility index (Phi) is 5.00. The Labute approximate surface area is 150 Å². The van der Waals surface area contributed by atoms with Gasteiger partial charge in [0.15, 0.2) is 5.13 Å². The van der Waals surface area contributed by atoms with Gasteiger partial charge in [0, 0.05) is 44.0 Å². The van der Waals surface area contributed by atoms with Crippen LogP contribution < -0.4 is 10.2 Å². The van der Waals surface area contributed by atoms with Crippen molar-refractivity contribution in [3.8, 4) is 0 Å². The predicted molar refractivity (Wildman–Crippen MR) is 89.2 cm³/mol. The molecule has 0 radical (unpaired) electrons. The summed E-state index contributed by atoms with van der Waals surface area (Å²) < 4.78 is 38.0. The molecule has 1 fully saturated rings. The molecule has 134 valence electrons. The van der Waals surface area contributed by atoms with E-state index in [4.69, 9.17) is 11.6 Å². The molecule has 1 N–H and O–H groups in total. The van der Waals surface area contributed by atoms with E-state index in [0.29, 0.717) is 31.3 Å². The number of carbonyl (C=O) groups is 1. The molecule has 0 unspecified atom stereocenters. The van der Waals surface area contributed by atoms with Crippen LogP contribution in [0.2, 0.25) is 5.02 Å². The first-order valence-corrected chi connectivity index (χ1v) is 8.53. The minimum absolute atomic E-state index is 0.0597. The molecule has 3 rings (SSSR count). The highest BCUT2D eigenvalue weighted by Crippen LogP contribution is 2.33. The molecule has 2 aromatic heterocycles. The zero-order chi connectivity index (χ0) is 18.0. The number of urea groups is 1. The maximum Gasteiger partial charge on any atom is 0.417 e. The molecule has 6 nitrogen and oxygen atoms in total. The van der Waals surface area contributed by atoms with Crippen molar-refractivity contribution >= 4 is 39.9 Å². The van der Waals surface area contributed by atoms with E-state index in [9.17, 15) is 18.0 Å². The number of hydrogen-bond donors (Lipinski definition) is 1. The smallest absolute Gasteiger partial charge is 0.352 e. The second-order valence-corrected chi connectivity index (χ2v) is 6.57. The van der Waals surface area contributed by atoms with Crippen molar-refractivity contribution in [3.63, 3.8) is 0 Å². The molecule has 11 heteroatoms. The van der Waals surface area contributed by atoms with E-state index in [1.165, 1.54) is 11.3 Å². The van der Waals surface area contributed by atoms with Gasteiger partial charge in [-0.1, -0.05) is 11.6 Å². The van der Waals surface area contributed by atoms with Crippen LogP contribution in [0.5, 0.6) is 0 Å². The predicted octanol–water partition coefficient (Wildman–Crippen LogP) is 3.56. The van der Waals surface area contributed by atoms with E-state index < -0.39 is 11.7 Å². The van der Waals surface area contributed by atoms with E-state index in [2.05, 4.69) is 15.3 Å². The zero-order valence-electron chi connectivity index (χ0n) is 12.8. The Morgan fingerprint density at radius 1 is 1.24 bits per heavy atom. The first-order valence-electron chi connectivity index (χ1n) is 7.27. The molecule has 3 heterocycles. The third-order valence-corrected chi connectivity index (χ3v) is 4.63. The summed E-state index contributed by atoms with van der Waals surface area (Å²) in [5.41, 5.74) is -0.886. The largest absolute Gasteiger partial charge is 0.417 e. The van der Waals surface area contributed by atoms with Crippen LogP contribution in [0.25, 0.3) is 0 Å². The first-order chi connectivity index (χ1) is 11.8. The summed E-state index contributed by atoms with van der Waals surface area (Å²) in [6.07, 6.45) is -2.12. The summed E-state index contributed by atoms with van der Waals surface area (Å²) >= 11 is 7.28. The molecular weight excluding hydrogens is 379 g/mol. The van der Waals surface area contributed by atoms with Crippen LogP contribution in [0.15, 0.2) is 23.8 Å². The summed E-state index contributed by atoms with van der Waals surface area (Å²) in [4.78, 5) is 23.3. The number of rotatable bonds is 2. The molecule has 2 amide bonds. The van der Waals surface area contributed by atoms with Gasteiger partial charge in [-0.05, 0) is 6.07 Å². The van der Waals surface area contributed by atoms with Gasteiger partial charge in [-0.2, -0.15) is 13.2 Å². The molecule has 0 saturated carbocycles. The molecule has 1 aliphatic rings. The number of thiazole rings is 1. The highest BCUT2D eigenvalue weighted by atomic mass is 35.5. The third kappa shape index (κ3) is 4.13. The quantitative estimate of drug-likeness (QED) is 0.850. The fourth-order valence-corrected chi connectivity index (χ4v) is 3.20. The Morgan fingerprint density at radius 2 is 1.96 bits per heavy atom. The number of anilines is 2. The average Bonchev–Trinajstić information content (AvgIpc) is 3.07. The number of alkyl halides is 3. The van der Waals surface area contributed by atoms with Crippen molar-refractivity contribution in [2.45, 2.75) is 6.18 Å². The van der Waals surface area contributed by atoms with Gasteiger partial charge in [0.25, 0.3) is 0 Å². The molecule has 0 aliphatic carbocycles. The second-order valence-electron chi connectivity index (χ2n) is 5.27. The summed E-state index contributed by atoms with van der Waals surface area (Å²) in [5, 5.41) is 4.90. The van der Waals surface area contributed by atoms with Gasteiger partial charge >= 0.3 is 12.2 Å². The minimum Gasteiger partial charge on any atom is -0.352 e. The highest BCUT2D eigenvalue weighted by Gasteiger charge is 2.32. The van der Waals surface area contributed by atoms with Crippen LogP contribution in [-0.2, 0) is 6.18 Å². The molecule has 2 aromatic rings. The standard InChI is InChI=1S/C14H13ClF3N5OS/c15-10-7-9(14(16,17)18)8-20-11(10)22-2-4-23(5-3-22)13(24)21-12-19-1-6-25-12/h1,6-8H,2-5H2,(H,19,21,24). The number of amides is 2. The van der Waals surface area contributed by atoms with Crippen molar-refractivity contribution < 1.29 is 18.0 Å². The molecule has 1 aliphatic heterocycles. The lowest BCUT2D eigenvalue weighted by Gasteiger charge is -2.35. The van der Waals surface area contributed by atoms with E-state index in [0.717, 1.165) is 12.3 Å². The lowest BCUT2D eigenvalue weighted by Crippen LogP contribution is -2.50. The normalized spacial score (nSPS) is 15.4. The lowest BCUT2D eigenvalue weighted by molar-refractivity contribution is -0.137. The third-order valence-electron chi connectivity index (χ3n) is 3.66. The van der Waals surface area contributed by atoms with Crippen LogP contribution in [0.1, 0.15) is 5.56 Å². The van der Waals surface area contributed by atoms with Crippen molar-refractivity contribution in [2.75, 3.05) is 36.4 Å². The zero-order valence-corrected chi connectivity index (χ0v) is 14.3. The molecule has 0 spiro atoms. The summed E-state index contributed by atoms with van der Waals surface area (Å²) in [5.74, 6) is 0.287. The van der Waals surface area contributed by atoms with Gasteiger partial charge in [-0.25, -0.2) is 14.8 Å². The average molecular weight is 392 g/mol. The maximum atomic E-state index is 12.7. The summed E-state index contributed by atoms with van der Waals surface area (Å²) in [7, 11) is 0. The van der Waals surface area contributed by atoms with Crippen LogP contribution in [0.3, 0.4) is 0 Å². The van der Waals surface area contributed by atoms with Gasteiger partial charge < -0.3 is 9.80 Å². The number of hydrogen-bond acceptors (Lipinski definition) is 5. The first kappa shape index (κ1) is 17.7. The number of halogens is 4. The van der Waals surface area contributed by atoms with Crippen molar-refractivity contribution in [3.05, 3.63) is 34.4 Å². The maximum absolute atomic E-state index is 12.7. The van der Waals surface area contributed by atoms with E-state index in [1.807, 2.05) is 0 Å². The SMILES string of the molecule is O=C(Nc1nccs1)N1CCN(c2ncc(C(F)(F)F)cc2Cl)CC1. The Bertz CT molecular complexity index is 747. The highest BCUT2D eigenvalue weighted by molar-refractivity contribution is 7.13. The van der Waals surface area contributed by atoms with Gasteiger partial charge in [-0.3, -0.25) is 5.32 Å². The van der Waals surface area contributed by atoms with Crippen molar-refractivity contribution in [1.82, 2.24) is 14.9 Å². The molecule has 1 saturated heterocycles. The Morgan fingerprint density at radius 3 is 2.52 bits per heavy atom. The number of carbonyl (C=O) groups excluding carboxylic acids is 1. The monoisotopic (exact) mass is 391 g/mol. The van der Waals surface area contributed by atoms with Gasteiger partial charge in [0.2, 0.25) is 0 Å². The summed E-state index contributed by atoms with van der Waals surface area (Å²) in [6, 6.07) is 0.604. The van der Waals surface area contributed by atoms with Gasteiger partial charge in [0.1, 0.15) is 5.82 Å². The van der Waals surface area contributed by atoms with Crippen molar-refractivity contribution in [1.29, 1.82) is 0 Å². The Balaban J connectivity index is 1.61. The number of piperazine rings is 1. The number of nitrogens with zero attached hydrogens (tertiary/aromatic N) is 4. The lowest BCUT2D eigenvalue weighted by atomic mass is 10.2. The van der Waals surface area contributed by atoms with Crippen LogP contribution in [-0.4, -0.2) is 47.1 Å².